The van der Waals surface area contributed by atoms with Crippen molar-refractivity contribution in [3.63, 3.8) is 0 Å². The number of benzene rings is 2. The first kappa shape index (κ1) is 20.1. The predicted octanol–water partition coefficient (Wildman–Crippen LogP) is 5.44. The van der Waals surface area contributed by atoms with Crippen molar-refractivity contribution < 1.29 is 9.53 Å². The van der Waals surface area contributed by atoms with Crippen LogP contribution in [0, 0.1) is 11.3 Å². The highest BCUT2D eigenvalue weighted by atomic mass is 16.5. The molecule has 1 aliphatic carbocycles. The van der Waals surface area contributed by atoms with Gasteiger partial charge >= 0.3 is 0 Å². The highest BCUT2D eigenvalue weighted by molar-refractivity contribution is 5.87. The molecule has 0 bridgehead atoms. The Kier molecular flexibility index (Phi) is 6.50. The summed E-state index contributed by atoms with van der Waals surface area (Å²) in [5.74, 6) is 1.19. The molecule has 0 spiro atoms. The van der Waals surface area contributed by atoms with E-state index in [0.717, 1.165) is 48.4 Å². The van der Waals surface area contributed by atoms with Crippen molar-refractivity contribution in [2.45, 2.75) is 46.5 Å². The zero-order chi connectivity index (χ0) is 20.0. The van der Waals surface area contributed by atoms with Crippen LogP contribution in [0.3, 0.4) is 0 Å². The number of para-hydroxylation sites is 1. The second-order valence-corrected chi connectivity index (χ2v) is 8.50. The quantitative estimate of drug-likeness (QED) is 0.704. The van der Waals surface area contributed by atoms with Crippen molar-refractivity contribution in [1.82, 2.24) is 5.43 Å². The first-order valence-corrected chi connectivity index (χ1v) is 10.0. The molecule has 2 aromatic rings. The largest absolute Gasteiger partial charge is 0.483 e. The van der Waals surface area contributed by atoms with E-state index in [0.29, 0.717) is 11.2 Å². The van der Waals surface area contributed by atoms with Crippen LogP contribution >= 0.6 is 0 Å². The molecule has 4 nitrogen and oxygen atoms in total. The van der Waals surface area contributed by atoms with Crippen LogP contribution in [0.25, 0.3) is 11.1 Å². The first-order valence-electron chi connectivity index (χ1n) is 10.0. The lowest BCUT2D eigenvalue weighted by Gasteiger charge is -2.34. The van der Waals surface area contributed by atoms with E-state index in [9.17, 15) is 4.79 Å². The SMILES string of the molecule is CC(C)(C)C1CCC(=NNC(=O)COc2ccccc2-c2ccccc2)CC1. The van der Waals surface area contributed by atoms with Gasteiger partial charge in [-0.05, 0) is 48.6 Å². The van der Waals surface area contributed by atoms with Crippen LogP contribution in [0.1, 0.15) is 46.5 Å². The fourth-order valence-electron chi connectivity index (χ4n) is 3.69. The molecule has 1 saturated carbocycles. The van der Waals surface area contributed by atoms with Gasteiger partial charge in [0.15, 0.2) is 6.61 Å². The van der Waals surface area contributed by atoms with Gasteiger partial charge in [-0.1, -0.05) is 69.3 Å². The lowest BCUT2D eigenvalue weighted by molar-refractivity contribution is -0.123. The third-order valence-corrected chi connectivity index (χ3v) is 5.46. The fraction of sp³-hybridized carbons (Fsp3) is 0.417. The van der Waals surface area contributed by atoms with Crippen molar-refractivity contribution in [3.8, 4) is 16.9 Å². The minimum atomic E-state index is -0.228. The number of carbonyl (C=O) groups excluding carboxylic acids is 1. The molecule has 0 unspecified atom stereocenters. The zero-order valence-corrected chi connectivity index (χ0v) is 17.1. The molecule has 28 heavy (non-hydrogen) atoms. The maximum atomic E-state index is 12.2. The second-order valence-electron chi connectivity index (χ2n) is 8.50. The van der Waals surface area contributed by atoms with Crippen LogP contribution in [-0.4, -0.2) is 18.2 Å². The molecule has 2 aromatic carbocycles. The Morgan fingerprint density at radius 3 is 2.36 bits per heavy atom. The third-order valence-electron chi connectivity index (χ3n) is 5.46. The highest BCUT2D eigenvalue weighted by Gasteiger charge is 2.28. The Morgan fingerprint density at radius 2 is 1.68 bits per heavy atom. The summed E-state index contributed by atoms with van der Waals surface area (Å²) in [6.45, 7) is 6.84. The van der Waals surface area contributed by atoms with Gasteiger partial charge in [0.1, 0.15) is 5.75 Å². The molecule has 1 N–H and O–H groups in total. The summed E-state index contributed by atoms with van der Waals surface area (Å²) in [4.78, 5) is 12.2. The summed E-state index contributed by atoms with van der Waals surface area (Å²) in [5.41, 5.74) is 6.12. The van der Waals surface area contributed by atoms with Crippen LogP contribution in [0.5, 0.6) is 5.75 Å². The number of hydrogen-bond acceptors (Lipinski definition) is 3. The number of hydrogen-bond donors (Lipinski definition) is 1. The van der Waals surface area contributed by atoms with Crippen LogP contribution in [0.15, 0.2) is 59.7 Å². The highest BCUT2D eigenvalue weighted by Crippen LogP contribution is 2.36. The minimum absolute atomic E-state index is 0.0504. The van der Waals surface area contributed by atoms with Gasteiger partial charge in [-0.3, -0.25) is 4.79 Å². The fourth-order valence-corrected chi connectivity index (χ4v) is 3.69. The molecule has 0 heterocycles. The molecule has 3 rings (SSSR count). The number of nitrogens with zero attached hydrogens (tertiary/aromatic N) is 1. The van der Waals surface area contributed by atoms with Gasteiger partial charge in [0.05, 0.1) is 0 Å². The number of carbonyl (C=O) groups is 1. The number of ether oxygens (including phenoxy) is 1. The van der Waals surface area contributed by atoms with Crippen LogP contribution in [0.4, 0.5) is 0 Å². The van der Waals surface area contributed by atoms with Crippen LogP contribution in [-0.2, 0) is 4.79 Å². The standard InChI is InChI=1S/C24H30N2O2/c1-24(2,3)19-13-15-20(16-14-19)25-26-23(27)17-28-22-12-8-7-11-21(22)18-9-5-4-6-10-18/h4-12,19H,13-17H2,1-3H3,(H,26,27). The van der Waals surface area contributed by atoms with Crippen molar-refractivity contribution in [1.29, 1.82) is 0 Å². The normalized spacial score (nSPS) is 17.1. The molecule has 148 valence electrons. The van der Waals surface area contributed by atoms with Crippen LogP contribution < -0.4 is 10.2 Å². The lowest BCUT2D eigenvalue weighted by Crippen LogP contribution is -2.29. The Balaban J connectivity index is 1.52. The van der Waals surface area contributed by atoms with Crippen molar-refractivity contribution in [2.75, 3.05) is 6.61 Å². The van der Waals surface area contributed by atoms with Gasteiger partial charge in [-0.25, -0.2) is 5.43 Å². The molecule has 0 radical (unpaired) electrons. The number of nitrogens with one attached hydrogen (secondary N) is 1. The Morgan fingerprint density at radius 1 is 1.04 bits per heavy atom. The molecule has 0 atom stereocenters. The van der Waals surface area contributed by atoms with Crippen molar-refractivity contribution >= 4 is 11.6 Å². The van der Waals surface area contributed by atoms with Gasteiger partial charge < -0.3 is 4.74 Å². The predicted molar refractivity (Wildman–Crippen MR) is 114 cm³/mol. The third kappa shape index (κ3) is 5.44. The van der Waals surface area contributed by atoms with E-state index in [-0.39, 0.29) is 12.5 Å². The topological polar surface area (TPSA) is 50.7 Å². The molecule has 4 heteroatoms. The van der Waals surface area contributed by atoms with Crippen molar-refractivity contribution in [2.24, 2.45) is 16.4 Å². The van der Waals surface area contributed by atoms with E-state index in [2.05, 4.69) is 31.3 Å². The number of amides is 1. The van der Waals surface area contributed by atoms with Gasteiger partial charge in [-0.2, -0.15) is 5.10 Å². The monoisotopic (exact) mass is 378 g/mol. The minimum Gasteiger partial charge on any atom is -0.483 e. The molecule has 0 aliphatic heterocycles. The summed E-state index contributed by atoms with van der Waals surface area (Å²) < 4.78 is 5.77. The Labute approximate surface area is 168 Å². The molecule has 1 fully saturated rings. The Hall–Kier alpha value is -2.62. The zero-order valence-electron chi connectivity index (χ0n) is 17.1. The average Bonchev–Trinajstić information content (AvgIpc) is 2.71. The summed E-state index contributed by atoms with van der Waals surface area (Å²) in [6, 6.07) is 17.8. The summed E-state index contributed by atoms with van der Waals surface area (Å²) in [5, 5.41) is 4.33. The number of rotatable bonds is 5. The summed E-state index contributed by atoms with van der Waals surface area (Å²) in [7, 11) is 0. The summed E-state index contributed by atoms with van der Waals surface area (Å²) >= 11 is 0. The molecule has 0 saturated heterocycles. The van der Waals surface area contributed by atoms with E-state index in [1.54, 1.807) is 0 Å². The Bertz CT molecular complexity index is 812. The molecule has 0 aromatic heterocycles. The maximum Gasteiger partial charge on any atom is 0.277 e. The molecule has 1 amide bonds. The molecular formula is C24H30N2O2. The van der Waals surface area contributed by atoms with E-state index >= 15 is 0 Å². The van der Waals surface area contributed by atoms with E-state index < -0.39 is 0 Å². The number of hydrazone groups is 1. The molecule has 1 aliphatic rings. The van der Waals surface area contributed by atoms with E-state index in [1.807, 2.05) is 54.6 Å². The lowest BCUT2D eigenvalue weighted by atomic mass is 9.72. The van der Waals surface area contributed by atoms with Gasteiger partial charge in [0.2, 0.25) is 0 Å². The average molecular weight is 379 g/mol. The van der Waals surface area contributed by atoms with E-state index in [1.165, 1.54) is 0 Å². The summed E-state index contributed by atoms with van der Waals surface area (Å²) in [6.07, 6.45) is 4.19. The van der Waals surface area contributed by atoms with E-state index in [4.69, 9.17) is 4.74 Å². The van der Waals surface area contributed by atoms with Gasteiger partial charge in [0.25, 0.3) is 5.91 Å². The first-order chi connectivity index (χ1) is 13.4. The van der Waals surface area contributed by atoms with Gasteiger partial charge in [-0.15, -0.1) is 0 Å². The van der Waals surface area contributed by atoms with Crippen molar-refractivity contribution in [3.05, 3.63) is 54.6 Å². The maximum absolute atomic E-state index is 12.2. The van der Waals surface area contributed by atoms with Gasteiger partial charge in [0, 0.05) is 11.3 Å². The molecular weight excluding hydrogens is 348 g/mol. The smallest absolute Gasteiger partial charge is 0.277 e. The second kappa shape index (κ2) is 9.05. The van der Waals surface area contributed by atoms with Crippen LogP contribution in [0.2, 0.25) is 0 Å².